The Morgan fingerprint density at radius 2 is 2.04 bits per heavy atom. The van der Waals surface area contributed by atoms with Crippen LogP contribution >= 0.6 is 0 Å². The average Bonchev–Trinajstić information content (AvgIpc) is 3.09. The predicted octanol–water partition coefficient (Wildman–Crippen LogP) is 2.50. The number of carbonyl (C=O) groups is 2. The monoisotopic (exact) mass is 359 g/mol. The number of nitrogens with one attached hydrogen (secondary N) is 3. The zero-order chi connectivity index (χ0) is 18.3. The van der Waals surface area contributed by atoms with Crippen molar-refractivity contribution in [3.05, 3.63) is 35.4 Å². The van der Waals surface area contributed by atoms with E-state index in [9.17, 15) is 22.8 Å². The molecule has 9 heteroatoms. The van der Waals surface area contributed by atoms with Crippen LogP contribution in [0.5, 0.6) is 0 Å². The molecule has 0 aliphatic carbocycles. The number of amides is 3. The SMILES string of the molecule is O=C(CCC1CCCO1)NNC(=O)NCc1cccc(C(F)(F)F)c1. The predicted molar refractivity (Wildman–Crippen MR) is 83.2 cm³/mol. The minimum Gasteiger partial charge on any atom is -0.378 e. The molecule has 3 N–H and O–H groups in total. The van der Waals surface area contributed by atoms with Crippen molar-refractivity contribution in [3.8, 4) is 0 Å². The van der Waals surface area contributed by atoms with Crippen molar-refractivity contribution >= 4 is 11.9 Å². The Hall–Kier alpha value is -2.29. The van der Waals surface area contributed by atoms with Gasteiger partial charge in [0.1, 0.15) is 0 Å². The highest BCUT2D eigenvalue weighted by molar-refractivity contribution is 5.80. The van der Waals surface area contributed by atoms with Gasteiger partial charge in [-0.15, -0.1) is 0 Å². The summed E-state index contributed by atoms with van der Waals surface area (Å²) in [7, 11) is 0. The molecule has 1 aromatic carbocycles. The van der Waals surface area contributed by atoms with Gasteiger partial charge in [-0.3, -0.25) is 10.2 Å². The van der Waals surface area contributed by atoms with Crippen molar-refractivity contribution in [2.75, 3.05) is 6.61 Å². The van der Waals surface area contributed by atoms with Crippen LogP contribution in [-0.4, -0.2) is 24.6 Å². The fourth-order valence-corrected chi connectivity index (χ4v) is 2.44. The summed E-state index contributed by atoms with van der Waals surface area (Å²) in [5.41, 5.74) is 3.92. The highest BCUT2D eigenvalue weighted by Crippen LogP contribution is 2.29. The van der Waals surface area contributed by atoms with Crippen molar-refractivity contribution in [2.24, 2.45) is 0 Å². The largest absolute Gasteiger partial charge is 0.416 e. The molecular formula is C16H20F3N3O3. The number of urea groups is 1. The smallest absolute Gasteiger partial charge is 0.378 e. The van der Waals surface area contributed by atoms with Crippen LogP contribution in [0.1, 0.15) is 36.8 Å². The van der Waals surface area contributed by atoms with Crippen LogP contribution < -0.4 is 16.2 Å². The van der Waals surface area contributed by atoms with E-state index in [1.54, 1.807) is 0 Å². The van der Waals surface area contributed by atoms with E-state index in [2.05, 4.69) is 16.2 Å². The van der Waals surface area contributed by atoms with Crippen molar-refractivity contribution in [2.45, 2.75) is 44.5 Å². The number of hydrogen-bond acceptors (Lipinski definition) is 3. The lowest BCUT2D eigenvalue weighted by Crippen LogP contribution is -2.46. The van der Waals surface area contributed by atoms with E-state index in [1.807, 2.05) is 0 Å². The van der Waals surface area contributed by atoms with E-state index in [-0.39, 0.29) is 25.0 Å². The number of rotatable bonds is 5. The van der Waals surface area contributed by atoms with E-state index in [0.717, 1.165) is 25.0 Å². The Morgan fingerprint density at radius 3 is 2.72 bits per heavy atom. The summed E-state index contributed by atoms with van der Waals surface area (Å²) in [6, 6.07) is 3.95. The lowest BCUT2D eigenvalue weighted by molar-refractivity contribution is -0.137. The number of carbonyl (C=O) groups excluding carboxylic acids is 2. The molecule has 25 heavy (non-hydrogen) atoms. The minimum atomic E-state index is -4.44. The Kier molecular flexibility index (Phi) is 6.63. The van der Waals surface area contributed by atoms with Crippen molar-refractivity contribution in [1.29, 1.82) is 0 Å². The molecular weight excluding hydrogens is 339 g/mol. The Morgan fingerprint density at radius 1 is 1.24 bits per heavy atom. The lowest BCUT2D eigenvalue weighted by atomic mass is 10.1. The Bertz CT molecular complexity index is 602. The van der Waals surface area contributed by atoms with Gasteiger partial charge in [0, 0.05) is 19.6 Å². The second kappa shape index (κ2) is 8.70. The summed E-state index contributed by atoms with van der Waals surface area (Å²) in [4.78, 5) is 23.2. The molecule has 1 saturated heterocycles. The molecule has 0 aromatic heterocycles. The van der Waals surface area contributed by atoms with Crippen LogP contribution in [0.3, 0.4) is 0 Å². The summed E-state index contributed by atoms with van der Waals surface area (Å²) in [5, 5.41) is 2.37. The van der Waals surface area contributed by atoms with Gasteiger partial charge in [-0.25, -0.2) is 10.2 Å². The quantitative estimate of drug-likeness (QED) is 0.707. The summed E-state index contributed by atoms with van der Waals surface area (Å²) < 4.78 is 43.2. The maximum Gasteiger partial charge on any atom is 0.416 e. The number of ether oxygens (including phenoxy) is 1. The number of hydrazine groups is 1. The fraction of sp³-hybridized carbons (Fsp3) is 0.500. The minimum absolute atomic E-state index is 0.0838. The van der Waals surface area contributed by atoms with Gasteiger partial charge in [-0.05, 0) is 37.0 Å². The standard InChI is InChI=1S/C16H20F3N3O3/c17-16(18,19)12-4-1-3-11(9-12)10-20-15(24)22-21-14(23)7-6-13-5-2-8-25-13/h1,3-4,9,13H,2,5-8,10H2,(H,21,23)(H2,20,22,24). The topological polar surface area (TPSA) is 79.5 Å². The lowest BCUT2D eigenvalue weighted by Gasteiger charge is -2.12. The van der Waals surface area contributed by atoms with Gasteiger partial charge in [0.05, 0.1) is 11.7 Å². The second-order valence-corrected chi connectivity index (χ2v) is 5.73. The summed E-state index contributed by atoms with van der Waals surface area (Å²) >= 11 is 0. The Labute approximate surface area is 143 Å². The second-order valence-electron chi connectivity index (χ2n) is 5.73. The van der Waals surface area contributed by atoms with E-state index in [1.165, 1.54) is 12.1 Å². The Balaban J connectivity index is 1.67. The normalized spacial score (nSPS) is 17.2. The number of halogens is 3. The fourth-order valence-electron chi connectivity index (χ4n) is 2.44. The van der Waals surface area contributed by atoms with Crippen LogP contribution in [0.15, 0.2) is 24.3 Å². The van der Waals surface area contributed by atoms with Crippen LogP contribution in [0.25, 0.3) is 0 Å². The molecule has 1 aromatic rings. The molecule has 1 aliphatic rings. The highest BCUT2D eigenvalue weighted by Gasteiger charge is 2.30. The third kappa shape index (κ3) is 6.61. The van der Waals surface area contributed by atoms with E-state index in [0.29, 0.717) is 18.6 Å². The highest BCUT2D eigenvalue weighted by atomic mass is 19.4. The van der Waals surface area contributed by atoms with Crippen molar-refractivity contribution < 1.29 is 27.5 Å². The first-order chi connectivity index (χ1) is 11.8. The molecule has 6 nitrogen and oxygen atoms in total. The molecule has 1 aliphatic heterocycles. The third-order valence-electron chi connectivity index (χ3n) is 3.74. The van der Waals surface area contributed by atoms with Gasteiger partial charge in [0.15, 0.2) is 0 Å². The van der Waals surface area contributed by atoms with Crippen molar-refractivity contribution in [3.63, 3.8) is 0 Å². The molecule has 3 amide bonds. The first kappa shape index (κ1) is 19.0. The molecule has 0 saturated carbocycles. The number of benzene rings is 1. The van der Waals surface area contributed by atoms with Gasteiger partial charge in [-0.1, -0.05) is 12.1 Å². The van der Waals surface area contributed by atoms with Crippen LogP contribution in [0, 0.1) is 0 Å². The van der Waals surface area contributed by atoms with E-state index >= 15 is 0 Å². The summed E-state index contributed by atoms with van der Waals surface area (Å²) in [6.45, 7) is 0.615. The number of hydrogen-bond donors (Lipinski definition) is 3. The van der Waals surface area contributed by atoms with Crippen LogP contribution in [0.4, 0.5) is 18.0 Å². The molecule has 1 fully saturated rings. The molecule has 1 heterocycles. The van der Waals surface area contributed by atoms with Gasteiger partial charge in [0.25, 0.3) is 0 Å². The zero-order valence-corrected chi connectivity index (χ0v) is 13.5. The molecule has 1 atom stereocenters. The summed E-state index contributed by atoms with van der Waals surface area (Å²) in [6.07, 6.45) is -1.63. The maximum absolute atomic E-state index is 12.6. The molecule has 138 valence electrons. The first-order valence-corrected chi connectivity index (χ1v) is 7.95. The average molecular weight is 359 g/mol. The van der Waals surface area contributed by atoms with E-state index in [4.69, 9.17) is 4.74 Å². The van der Waals surface area contributed by atoms with Gasteiger partial charge >= 0.3 is 12.2 Å². The van der Waals surface area contributed by atoms with Crippen LogP contribution in [0.2, 0.25) is 0 Å². The van der Waals surface area contributed by atoms with Crippen LogP contribution in [-0.2, 0) is 22.3 Å². The van der Waals surface area contributed by atoms with Gasteiger partial charge in [-0.2, -0.15) is 13.2 Å². The van der Waals surface area contributed by atoms with E-state index < -0.39 is 17.8 Å². The zero-order valence-electron chi connectivity index (χ0n) is 13.5. The molecule has 0 spiro atoms. The maximum atomic E-state index is 12.6. The summed E-state index contributed by atoms with van der Waals surface area (Å²) in [5.74, 6) is -0.357. The van der Waals surface area contributed by atoms with Crippen molar-refractivity contribution in [1.82, 2.24) is 16.2 Å². The number of alkyl halides is 3. The molecule has 2 rings (SSSR count). The molecule has 0 radical (unpaired) electrons. The molecule has 1 unspecified atom stereocenters. The first-order valence-electron chi connectivity index (χ1n) is 7.95. The van der Waals surface area contributed by atoms with Gasteiger partial charge in [0.2, 0.25) is 5.91 Å². The molecule has 0 bridgehead atoms. The van der Waals surface area contributed by atoms with Gasteiger partial charge < -0.3 is 10.1 Å². The third-order valence-corrected chi connectivity index (χ3v) is 3.74.